The van der Waals surface area contributed by atoms with Gasteiger partial charge in [0.05, 0.1) is 33.2 Å². The molecular formula is C15H26O7. The van der Waals surface area contributed by atoms with Crippen molar-refractivity contribution in [1.82, 2.24) is 0 Å². The fourth-order valence-corrected chi connectivity index (χ4v) is 1.83. The highest BCUT2D eigenvalue weighted by Crippen LogP contribution is 2.25. The zero-order chi connectivity index (χ0) is 17.0. The molecule has 7 nitrogen and oxygen atoms in total. The van der Waals surface area contributed by atoms with Crippen molar-refractivity contribution >= 4 is 17.9 Å². The third-order valence-electron chi connectivity index (χ3n) is 2.92. The molecule has 0 aliphatic heterocycles. The predicted octanol–water partition coefficient (Wildman–Crippen LogP) is 1.62. The monoisotopic (exact) mass is 318 g/mol. The Morgan fingerprint density at radius 3 is 2.05 bits per heavy atom. The molecule has 0 heterocycles. The predicted molar refractivity (Wildman–Crippen MR) is 78.1 cm³/mol. The summed E-state index contributed by atoms with van der Waals surface area (Å²) in [4.78, 5) is 35.7. The minimum atomic E-state index is -1.71. The molecule has 22 heavy (non-hydrogen) atoms. The molecule has 0 saturated carbocycles. The largest absolute Gasteiger partial charge is 0.469 e. The van der Waals surface area contributed by atoms with Crippen molar-refractivity contribution in [2.24, 2.45) is 0 Å². The van der Waals surface area contributed by atoms with Gasteiger partial charge in [0.1, 0.15) is 0 Å². The van der Waals surface area contributed by atoms with Crippen LogP contribution in [0.4, 0.5) is 0 Å². The minimum Gasteiger partial charge on any atom is -0.469 e. The molecule has 0 aromatic carbocycles. The lowest BCUT2D eigenvalue weighted by molar-refractivity contribution is -0.184. The van der Waals surface area contributed by atoms with Crippen LogP contribution in [0.3, 0.4) is 0 Å². The molecule has 0 aliphatic rings. The molecule has 7 heteroatoms. The maximum absolute atomic E-state index is 12.2. The number of rotatable bonds is 11. The maximum atomic E-state index is 12.2. The van der Waals surface area contributed by atoms with Crippen LogP contribution < -0.4 is 0 Å². The molecule has 0 bridgehead atoms. The standard InChI is InChI=1S/C15H26O7/c1-5-8-9-21-13(17)11-15(22-7-3,10-12(16)19-4)14(18)20-6-2/h5-11H2,1-4H3. The van der Waals surface area contributed by atoms with E-state index >= 15 is 0 Å². The Labute approximate surface area is 131 Å². The van der Waals surface area contributed by atoms with E-state index in [1.54, 1.807) is 13.8 Å². The normalized spacial score (nSPS) is 13.1. The molecule has 0 amide bonds. The topological polar surface area (TPSA) is 88.1 Å². The molecule has 1 atom stereocenters. The molecule has 0 radical (unpaired) electrons. The first-order valence-corrected chi connectivity index (χ1v) is 7.49. The second kappa shape index (κ2) is 11.0. The number of hydrogen-bond donors (Lipinski definition) is 0. The molecule has 0 aromatic rings. The molecule has 0 N–H and O–H groups in total. The SMILES string of the molecule is CCCCOC(=O)CC(CC(=O)OC)(OCC)C(=O)OCC. The zero-order valence-corrected chi connectivity index (χ0v) is 13.8. The van der Waals surface area contributed by atoms with Crippen LogP contribution in [0.2, 0.25) is 0 Å². The third kappa shape index (κ3) is 6.89. The smallest absolute Gasteiger partial charge is 0.339 e. The lowest BCUT2D eigenvalue weighted by Gasteiger charge is -2.29. The first-order chi connectivity index (χ1) is 10.5. The summed E-state index contributed by atoms with van der Waals surface area (Å²) in [6.07, 6.45) is 0.811. The van der Waals surface area contributed by atoms with E-state index in [1.807, 2.05) is 6.92 Å². The van der Waals surface area contributed by atoms with Crippen LogP contribution in [0.25, 0.3) is 0 Å². The van der Waals surface area contributed by atoms with Gasteiger partial charge in [-0.2, -0.15) is 0 Å². The second-order valence-electron chi connectivity index (χ2n) is 4.65. The number of esters is 3. The fraction of sp³-hybridized carbons (Fsp3) is 0.800. The summed E-state index contributed by atoms with van der Waals surface area (Å²) < 4.78 is 20.0. The average molecular weight is 318 g/mol. The van der Waals surface area contributed by atoms with Gasteiger partial charge < -0.3 is 18.9 Å². The van der Waals surface area contributed by atoms with Crippen LogP contribution in [0.5, 0.6) is 0 Å². The van der Waals surface area contributed by atoms with Crippen LogP contribution in [-0.4, -0.2) is 50.4 Å². The van der Waals surface area contributed by atoms with E-state index in [2.05, 4.69) is 4.74 Å². The lowest BCUT2D eigenvalue weighted by Crippen LogP contribution is -2.47. The Bertz CT molecular complexity index is 367. The number of carbonyl (C=O) groups excluding carboxylic acids is 3. The molecule has 0 rings (SSSR count). The highest BCUT2D eigenvalue weighted by molar-refractivity contribution is 5.90. The van der Waals surface area contributed by atoms with Crippen molar-refractivity contribution < 1.29 is 33.3 Å². The molecule has 0 saturated heterocycles. The quantitative estimate of drug-likeness (QED) is 0.325. The van der Waals surface area contributed by atoms with E-state index in [0.29, 0.717) is 0 Å². The van der Waals surface area contributed by atoms with Gasteiger partial charge in [-0.1, -0.05) is 13.3 Å². The molecule has 0 aromatic heterocycles. The maximum Gasteiger partial charge on any atom is 0.339 e. The van der Waals surface area contributed by atoms with Gasteiger partial charge in [0.25, 0.3) is 0 Å². The van der Waals surface area contributed by atoms with Gasteiger partial charge in [-0.25, -0.2) is 4.79 Å². The van der Waals surface area contributed by atoms with Crippen molar-refractivity contribution in [3.05, 3.63) is 0 Å². The van der Waals surface area contributed by atoms with E-state index in [-0.39, 0.29) is 19.8 Å². The summed E-state index contributed by atoms with van der Waals surface area (Å²) in [5.41, 5.74) is -1.71. The van der Waals surface area contributed by atoms with Crippen LogP contribution in [0.1, 0.15) is 46.5 Å². The van der Waals surface area contributed by atoms with E-state index in [9.17, 15) is 14.4 Å². The van der Waals surface area contributed by atoms with Crippen LogP contribution in [0, 0.1) is 0 Å². The Morgan fingerprint density at radius 1 is 0.909 bits per heavy atom. The van der Waals surface area contributed by atoms with Gasteiger partial charge in [0.15, 0.2) is 5.60 Å². The van der Waals surface area contributed by atoms with Crippen molar-refractivity contribution in [2.75, 3.05) is 26.9 Å². The minimum absolute atomic E-state index is 0.111. The van der Waals surface area contributed by atoms with Crippen molar-refractivity contribution in [2.45, 2.75) is 52.1 Å². The van der Waals surface area contributed by atoms with Gasteiger partial charge in [-0.3, -0.25) is 9.59 Å². The van der Waals surface area contributed by atoms with E-state index in [1.165, 1.54) is 7.11 Å². The molecule has 1 unspecified atom stereocenters. The summed E-state index contributed by atoms with van der Waals surface area (Å²) in [5.74, 6) is -2.04. The van der Waals surface area contributed by atoms with E-state index in [0.717, 1.165) is 12.8 Å². The lowest BCUT2D eigenvalue weighted by atomic mass is 9.95. The molecule has 0 fully saturated rings. The van der Waals surface area contributed by atoms with Gasteiger partial charge in [0, 0.05) is 6.61 Å². The van der Waals surface area contributed by atoms with Gasteiger partial charge in [0.2, 0.25) is 0 Å². The van der Waals surface area contributed by atoms with Gasteiger partial charge in [-0.15, -0.1) is 0 Å². The first-order valence-electron chi connectivity index (χ1n) is 7.49. The zero-order valence-electron chi connectivity index (χ0n) is 13.8. The Hall–Kier alpha value is -1.63. The summed E-state index contributed by atoms with van der Waals surface area (Å²) in [5, 5.41) is 0. The molecule has 0 spiro atoms. The molecule has 128 valence electrons. The number of carbonyl (C=O) groups is 3. The van der Waals surface area contributed by atoms with Crippen molar-refractivity contribution in [3.8, 4) is 0 Å². The van der Waals surface area contributed by atoms with E-state index in [4.69, 9.17) is 14.2 Å². The summed E-state index contributed by atoms with van der Waals surface area (Å²) in [6, 6.07) is 0. The fourth-order valence-electron chi connectivity index (χ4n) is 1.83. The third-order valence-corrected chi connectivity index (χ3v) is 2.92. The number of ether oxygens (including phenoxy) is 4. The average Bonchev–Trinajstić information content (AvgIpc) is 2.47. The number of unbranched alkanes of at least 4 members (excludes halogenated alkanes) is 1. The first kappa shape index (κ1) is 20.4. The molecule has 0 aliphatic carbocycles. The van der Waals surface area contributed by atoms with Gasteiger partial charge >= 0.3 is 17.9 Å². The van der Waals surface area contributed by atoms with Crippen LogP contribution in [-0.2, 0) is 33.3 Å². The highest BCUT2D eigenvalue weighted by Gasteiger charge is 2.46. The Balaban J connectivity index is 5.11. The summed E-state index contributed by atoms with van der Waals surface area (Å²) in [7, 11) is 1.20. The van der Waals surface area contributed by atoms with Crippen LogP contribution >= 0.6 is 0 Å². The van der Waals surface area contributed by atoms with Crippen molar-refractivity contribution in [3.63, 3.8) is 0 Å². The summed E-state index contributed by atoms with van der Waals surface area (Å²) in [6.45, 7) is 5.77. The van der Waals surface area contributed by atoms with Crippen molar-refractivity contribution in [1.29, 1.82) is 0 Å². The molecular weight excluding hydrogens is 292 g/mol. The summed E-state index contributed by atoms with van der Waals surface area (Å²) >= 11 is 0. The van der Waals surface area contributed by atoms with Crippen LogP contribution in [0.15, 0.2) is 0 Å². The second-order valence-corrected chi connectivity index (χ2v) is 4.65. The number of methoxy groups -OCH3 is 1. The number of hydrogen-bond acceptors (Lipinski definition) is 7. The Morgan fingerprint density at radius 2 is 1.55 bits per heavy atom. The Kier molecular flexibility index (Phi) is 10.2. The van der Waals surface area contributed by atoms with Gasteiger partial charge in [-0.05, 0) is 20.3 Å². The van der Waals surface area contributed by atoms with E-state index < -0.39 is 36.4 Å². The highest BCUT2D eigenvalue weighted by atomic mass is 16.6.